The van der Waals surface area contributed by atoms with Crippen molar-refractivity contribution in [1.82, 2.24) is 4.98 Å². The van der Waals surface area contributed by atoms with Crippen LogP contribution in [-0.4, -0.2) is 16.3 Å². The Kier molecular flexibility index (Phi) is 5.56. The molecule has 1 aromatic heterocycles. The largest absolute Gasteiger partial charge is 0.508 e. The number of allylic oxidation sites excluding steroid dienone is 1. The van der Waals surface area contributed by atoms with Gasteiger partial charge in [-0.25, -0.2) is 4.98 Å². The highest BCUT2D eigenvalue weighted by molar-refractivity contribution is 7.14. The number of rotatable bonds is 5. The van der Waals surface area contributed by atoms with Gasteiger partial charge in [0.2, 0.25) is 5.13 Å². The molecule has 0 fully saturated rings. The first-order chi connectivity index (χ1) is 12.9. The first-order valence-corrected chi connectivity index (χ1v) is 8.68. The van der Waals surface area contributed by atoms with E-state index in [4.69, 9.17) is 0 Å². The fourth-order valence-corrected chi connectivity index (χ4v) is 2.87. The highest BCUT2D eigenvalue weighted by Crippen LogP contribution is 2.31. The number of phenolic OH excluding ortho intramolecular Hbond substituents is 1. The summed E-state index contributed by atoms with van der Waals surface area (Å²) in [5.74, 6) is 0.186. The lowest BCUT2D eigenvalue weighted by atomic mass is 10.1. The predicted octanol–water partition coefficient (Wildman–Crippen LogP) is 5.65. The van der Waals surface area contributed by atoms with E-state index in [0.29, 0.717) is 16.4 Å². The van der Waals surface area contributed by atoms with Crippen LogP contribution in [0.5, 0.6) is 5.75 Å². The molecule has 4 nitrogen and oxygen atoms in total. The number of aromatic hydroxyl groups is 1. The molecule has 0 radical (unpaired) electrons. The monoisotopic (exact) mass is 389 g/mol. The molecule has 0 aliphatic rings. The van der Waals surface area contributed by atoms with Gasteiger partial charge in [-0.15, -0.1) is 11.3 Å². The molecule has 0 atom stereocenters. The summed E-state index contributed by atoms with van der Waals surface area (Å²) >= 11 is 1.30. The molecular weight excluding hydrogens is 375 g/mol. The number of hydrazone groups is 1. The molecule has 138 valence electrons. The topological polar surface area (TPSA) is 57.5 Å². The van der Waals surface area contributed by atoms with Crippen LogP contribution in [0.25, 0.3) is 17.3 Å². The quantitative estimate of drug-likeness (QED) is 0.438. The van der Waals surface area contributed by atoms with Crippen molar-refractivity contribution in [2.45, 2.75) is 6.18 Å². The van der Waals surface area contributed by atoms with Gasteiger partial charge in [-0.3, -0.25) is 5.43 Å². The number of anilines is 1. The fraction of sp³-hybridized carbons (Fsp3) is 0.0526. The molecule has 3 rings (SSSR count). The third kappa shape index (κ3) is 5.18. The standard InChI is InChI=1S/C19H14F3N3OS/c20-19(21,22)15-8-6-14(7-9-15)17-12-27-18(24-17)25-23-10-2-4-13-3-1-5-16(26)11-13/h1-12,26H,(H,24,25)/b4-2?,23-10+. The maximum atomic E-state index is 12.6. The maximum absolute atomic E-state index is 12.6. The Morgan fingerprint density at radius 1 is 1.11 bits per heavy atom. The second-order valence-electron chi connectivity index (χ2n) is 5.46. The number of thiazole rings is 1. The first kappa shape index (κ1) is 18.7. The summed E-state index contributed by atoms with van der Waals surface area (Å²) in [5.41, 5.74) is 4.07. The third-order valence-electron chi connectivity index (χ3n) is 3.49. The smallest absolute Gasteiger partial charge is 0.416 e. The molecule has 3 aromatic rings. The van der Waals surface area contributed by atoms with Gasteiger partial charge in [0, 0.05) is 17.2 Å². The Balaban J connectivity index is 1.59. The zero-order chi connectivity index (χ0) is 19.3. The second kappa shape index (κ2) is 8.05. The van der Waals surface area contributed by atoms with Crippen LogP contribution in [0.3, 0.4) is 0 Å². The molecule has 0 unspecified atom stereocenters. The van der Waals surface area contributed by atoms with Crippen LogP contribution in [0, 0.1) is 0 Å². The van der Waals surface area contributed by atoms with Gasteiger partial charge in [0.25, 0.3) is 0 Å². The molecule has 0 aliphatic heterocycles. The molecule has 0 amide bonds. The van der Waals surface area contributed by atoms with E-state index < -0.39 is 11.7 Å². The normalized spacial score (nSPS) is 12.1. The zero-order valence-electron chi connectivity index (χ0n) is 13.8. The number of nitrogens with zero attached hydrogens (tertiary/aromatic N) is 2. The van der Waals surface area contributed by atoms with Gasteiger partial charge in [-0.05, 0) is 35.9 Å². The molecule has 0 saturated heterocycles. The number of phenols is 1. The molecule has 27 heavy (non-hydrogen) atoms. The number of hydrogen-bond acceptors (Lipinski definition) is 5. The summed E-state index contributed by atoms with van der Waals surface area (Å²) in [7, 11) is 0. The summed E-state index contributed by atoms with van der Waals surface area (Å²) in [4.78, 5) is 4.30. The fourth-order valence-electron chi connectivity index (χ4n) is 2.21. The molecule has 0 aliphatic carbocycles. The van der Waals surface area contributed by atoms with E-state index in [1.807, 2.05) is 6.07 Å². The minimum Gasteiger partial charge on any atom is -0.508 e. The highest BCUT2D eigenvalue weighted by atomic mass is 32.1. The number of halogens is 3. The van der Waals surface area contributed by atoms with E-state index >= 15 is 0 Å². The van der Waals surface area contributed by atoms with Crippen LogP contribution >= 0.6 is 11.3 Å². The van der Waals surface area contributed by atoms with E-state index in [1.54, 1.807) is 35.7 Å². The second-order valence-corrected chi connectivity index (χ2v) is 6.32. The average Bonchev–Trinajstić information content (AvgIpc) is 3.10. The van der Waals surface area contributed by atoms with Crippen molar-refractivity contribution in [3.05, 3.63) is 71.1 Å². The van der Waals surface area contributed by atoms with Gasteiger partial charge in [-0.1, -0.05) is 30.3 Å². The Morgan fingerprint density at radius 2 is 1.89 bits per heavy atom. The van der Waals surface area contributed by atoms with Gasteiger partial charge in [0.05, 0.1) is 11.3 Å². The number of benzene rings is 2. The highest BCUT2D eigenvalue weighted by Gasteiger charge is 2.30. The van der Waals surface area contributed by atoms with Crippen molar-refractivity contribution >= 4 is 28.8 Å². The zero-order valence-corrected chi connectivity index (χ0v) is 14.6. The summed E-state index contributed by atoms with van der Waals surface area (Å²) in [6.45, 7) is 0. The van der Waals surface area contributed by atoms with E-state index in [2.05, 4.69) is 15.5 Å². The number of alkyl halides is 3. The van der Waals surface area contributed by atoms with Crippen LogP contribution < -0.4 is 5.43 Å². The van der Waals surface area contributed by atoms with Crippen molar-refractivity contribution in [2.24, 2.45) is 5.10 Å². The number of nitrogens with one attached hydrogen (secondary N) is 1. The van der Waals surface area contributed by atoms with Crippen molar-refractivity contribution in [3.8, 4) is 17.0 Å². The van der Waals surface area contributed by atoms with Crippen molar-refractivity contribution in [3.63, 3.8) is 0 Å². The van der Waals surface area contributed by atoms with E-state index in [-0.39, 0.29) is 5.75 Å². The Hall–Kier alpha value is -3.13. The van der Waals surface area contributed by atoms with Gasteiger partial charge in [-0.2, -0.15) is 18.3 Å². The van der Waals surface area contributed by atoms with Gasteiger partial charge < -0.3 is 5.11 Å². The summed E-state index contributed by atoms with van der Waals surface area (Å²) in [5, 5.41) is 15.6. The van der Waals surface area contributed by atoms with Gasteiger partial charge in [0.15, 0.2) is 0 Å². The van der Waals surface area contributed by atoms with E-state index in [1.165, 1.54) is 29.7 Å². The van der Waals surface area contributed by atoms with Crippen LogP contribution in [0.2, 0.25) is 0 Å². The number of aromatic nitrogens is 1. The van der Waals surface area contributed by atoms with Crippen molar-refractivity contribution < 1.29 is 18.3 Å². The predicted molar refractivity (Wildman–Crippen MR) is 102 cm³/mol. The molecular formula is C19H14F3N3OS. The lowest BCUT2D eigenvalue weighted by Crippen LogP contribution is -2.03. The lowest BCUT2D eigenvalue weighted by molar-refractivity contribution is -0.137. The molecule has 1 heterocycles. The van der Waals surface area contributed by atoms with Crippen LogP contribution in [0.15, 0.2) is 65.1 Å². The SMILES string of the molecule is Oc1cccc(C=C/C=N/Nc2nc(-c3ccc(C(F)(F)F)cc3)cs2)c1. The summed E-state index contributed by atoms with van der Waals surface area (Å²) < 4.78 is 37.8. The van der Waals surface area contributed by atoms with Gasteiger partial charge >= 0.3 is 6.18 Å². The maximum Gasteiger partial charge on any atom is 0.416 e. The molecule has 0 bridgehead atoms. The molecule has 0 saturated carbocycles. The Bertz CT molecular complexity index is 963. The minimum atomic E-state index is -4.35. The average molecular weight is 389 g/mol. The lowest BCUT2D eigenvalue weighted by Gasteiger charge is -2.06. The van der Waals surface area contributed by atoms with Crippen LogP contribution in [0.4, 0.5) is 18.3 Å². The molecule has 2 aromatic carbocycles. The van der Waals surface area contributed by atoms with E-state index in [9.17, 15) is 18.3 Å². The summed E-state index contributed by atoms with van der Waals surface area (Å²) in [6, 6.07) is 11.6. The minimum absolute atomic E-state index is 0.186. The third-order valence-corrected chi connectivity index (χ3v) is 4.24. The molecule has 0 spiro atoms. The Morgan fingerprint density at radius 3 is 2.59 bits per heavy atom. The van der Waals surface area contributed by atoms with Crippen LogP contribution in [0.1, 0.15) is 11.1 Å². The van der Waals surface area contributed by atoms with E-state index in [0.717, 1.165) is 17.7 Å². The Labute approximate surface area is 157 Å². The number of hydrogen-bond donors (Lipinski definition) is 2. The van der Waals surface area contributed by atoms with Gasteiger partial charge in [0.1, 0.15) is 5.75 Å². The summed E-state index contributed by atoms with van der Waals surface area (Å²) in [6.07, 6.45) is 0.657. The first-order valence-electron chi connectivity index (χ1n) is 7.80. The van der Waals surface area contributed by atoms with Crippen LogP contribution in [-0.2, 0) is 6.18 Å². The molecule has 2 N–H and O–H groups in total. The van der Waals surface area contributed by atoms with Crippen molar-refractivity contribution in [1.29, 1.82) is 0 Å². The molecule has 8 heteroatoms. The van der Waals surface area contributed by atoms with Crippen molar-refractivity contribution in [2.75, 3.05) is 5.43 Å².